The van der Waals surface area contributed by atoms with Crippen LogP contribution in [0.1, 0.15) is 21.7 Å². The van der Waals surface area contributed by atoms with Crippen LogP contribution < -0.4 is 10.1 Å². The molecule has 0 saturated heterocycles. The first-order valence-corrected chi connectivity index (χ1v) is 9.01. The maximum absolute atomic E-state index is 13.1. The Labute approximate surface area is 169 Å². The standard InChI is InChI=1S/C22H16F3N3O2/c1-14-20(28-13-15(22(23,24)25)7-12-19(28)26-14)21(29)27-16-8-10-18(11-9-16)30-17-5-3-2-4-6-17/h2-13H,1H3,(H,27,29). The molecule has 2 aromatic carbocycles. The molecular weight excluding hydrogens is 395 g/mol. The Bertz CT molecular complexity index is 1200. The second-order valence-electron chi connectivity index (χ2n) is 6.58. The predicted octanol–water partition coefficient (Wildman–Crippen LogP) is 5.71. The number of aromatic nitrogens is 2. The summed E-state index contributed by atoms with van der Waals surface area (Å²) >= 11 is 0. The quantitative estimate of drug-likeness (QED) is 0.468. The van der Waals surface area contributed by atoms with E-state index in [1.807, 2.05) is 30.3 Å². The number of pyridine rings is 1. The largest absolute Gasteiger partial charge is 0.457 e. The van der Waals surface area contributed by atoms with Crippen LogP contribution in [-0.2, 0) is 6.18 Å². The van der Waals surface area contributed by atoms with Crippen LogP contribution in [0.5, 0.6) is 11.5 Å². The fourth-order valence-electron chi connectivity index (χ4n) is 3.02. The molecule has 0 atom stereocenters. The monoisotopic (exact) mass is 411 g/mol. The molecule has 0 aliphatic carbocycles. The van der Waals surface area contributed by atoms with Gasteiger partial charge in [-0.25, -0.2) is 4.98 Å². The van der Waals surface area contributed by atoms with E-state index in [1.165, 1.54) is 6.07 Å². The molecule has 4 rings (SSSR count). The third-order valence-electron chi connectivity index (χ3n) is 4.43. The number of fused-ring (bicyclic) bond motifs is 1. The lowest BCUT2D eigenvalue weighted by atomic mass is 10.2. The number of amides is 1. The molecule has 0 radical (unpaired) electrons. The molecule has 30 heavy (non-hydrogen) atoms. The van der Waals surface area contributed by atoms with E-state index < -0.39 is 17.6 Å². The number of rotatable bonds is 4. The third-order valence-corrected chi connectivity index (χ3v) is 4.43. The van der Waals surface area contributed by atoms with Gasteiger partial charge in [0.05, 0.1) is 11.3 Å². The zero-order chi connectivity index (χ0) is 21.3. The van der Waals surface area contributed by atoms with E-state index in [-0.39, 0.29) is 11.3 Å². The van der Waals surface area contributed by atoms with Crippen molar-refractivity contribution in [2.24, 2.45) is 0 Å². The van der Waals surface area contributed by atoms with Gasteiger partial charge in [0.1, 0.15) is 22.8 Å². The molecule has 1 amide bonds. The smallest absolute Gasteiger partial charge is 0.417 e. The molecule has 2 aromatic heterocycles. The first kappa shape index (κ1) is 19.5. The van der Waals surface area contributed by atoms with Gasteiger partial charge in [0, 0.05) is 11.9 Å². The first-order chi connectivity index (χ1) is 14.3. The minimum atomic E-state index is -4.52. The highest BCUT2D eigenvalue weighted by molar-refractivity contribution is 6.04. The van der Waals surface area contributed by atoms with Crippen molar-refractivity contribution >= 4 is 17.2 Å². The van der Waals surface area contributed by atoms with Gasteiger partial charge in [-0.2, -0.15) is 13.2 Å². The average molecular weight is 411 g/mol. The summed E-state index contributed by atoms with van der Waals surface area (Å²) in [5.41, 5.74) is 0.249. The minimum Gasteiger partial charge on any atom is -0.457 e. The summed E-state index contributed by atoms with van der Waals surface area (Å²) in [7, 11) is 0. The normalized spacial score (nSPS) is 11.5. The van der Waals surface area contributed by atoms with Crippen molar-refractivity contribution in [2.45, 2.75) is 13.1 Å². The zero-order valence-electron chi connectivity index (χ0n) is 15.8. The van der Waals surface area contributed by atoms with E-state index in [4.69, 9.17) is 4.74 Å². The molecule has 0 saturated carbocycles. The number of para-hydroxylation sites is 1. The number of imidazole rings is 1. The van der Waals surface area contributed by atoms with Crippen molar-refractivity contribution in [2.75, 3.05) is 5.32 Å². The van der Waals surface area contributed by atoms with Gasteiger partial charge in [0.2, 0.25) is 0 Å². The highest BCUT2D eigenvalue weighted by Crippen LogP contribution is 2.30. The van der Waals surface area contributed by atoms with Crippen molar-refractivity contribution in [3.8, 4) is 11.5 Å². The number of alkyl halides is 3. The van der Waals surface area contributed by atoms with E-state index in [0.717, 1.165) is 16.7 Å². The average Bonchev–Trinajstić information content (AvgIpc) is 3.04. The van der Waals surface area contributed by atoms with Crippen LogP contribution in [0, 0.1) is 6.92 Å². The molecule has 0 fully saturated rings. The van der Waals surface area contributed by atoms with Crippen molar-refractivity contribution in [3.63, 3.8) is 0 Å². The molecule has 0 bridgehead atoms. The van der Waals surface area contributed by atoms with Gasteiger partial charge < -0.3 is 10.1 Å². The molecule has 4 aromatic rings. The van der Waals surface area contributed by atoms with Gasteiger partial charge in [-0.05, 0) is 55.5 Å². The molecule has 8 heteroatoms. The number of halogens is 3. The maximum atomic E-state index is 13.1. The van der Waals surface area contributed by atoms with Crippen LogP contribution in [0.4, 0.5) is 18.9 Å². The Balaban J connectivity index is 1.56. The van der Waals surface area contributed by atoms with E-state index in [0.29, 0.717) is 22.9 Å². The van der Waals surface area contributed by atoms with Crippen molar-refractivity contribution < 1.29 is 22.7 Å². The summed E-state index contributed by atoms with van der Waals surface area (Å²) in [6.45, 7) is 1.58. The fourth-order valence-corrected chi connectivity index (χ4v) is 3.02. The molecule has 0 unspecified atom stereocenters. The number of carbonyl (C=O) groups is 1. The molecular formula is C22H16F3N3O2. The van der Waals surface area contributed by atoms with Crippen LogP contribution in [-0.4, -0.2) is 15.3 Å². The van der Waals surface area contributed by atoms with Gasteiger partial charge in [0.15, 0.2) is 0 Å². The highest BCUT2D eigenvalue weighted by atomic mass is 19.4. The van der Waals surface area contributed by atoms with Gasteiger partial charge in [-0.3, -0.25) is 9.20 Å². The number of hydrogen-bond acceptors (Lipinski definition) is 3. The van der Waals surface area contributed by atoms with E-state index in [2.05, 4.69) is 10.3 Å². The Morgan fingerprint density at radius 2 is 1.63 bits per heavy atom. The number of hydrogen-bond donors (Lipinski definition) is 1. The van der Waals surface area contributed by atoms with Gasteiger partial charge in [0.25, 0.3) is 5.91 Å². The number of nitrogens with one attached hydrogen (secondary N) is 1. The number of aryl methyl sites for hydroxylation is 1. The lowest BCUT2D eigenvalue weighted by molar-refractivity contribution is -0.137. The Kier molecular flexibility index (Phi) is 4.91. The number of nitrogens with zero attached hydrogens (tertiary/aromatic N) is 2. The van der Waals surface area contributed by atoms with E-state index in [1.54, 1.807) is 31.2 Å². The number of benzene rings is 2. The number of anilines is 1. The molecule has 1 N–H and O–H groups in total. The summed E-state index contributed by atoms with van der Waals surface area (Å²) in [6, 6.07) is 18.1. The van der Waals surface area contributed by atoms with Gasteiger partial charge in [-0.1, -0.05) is 18.2 Å². The number of carbonyl (C=O) groups excluding carboxylic acids is 1. The van der Waals surface area contributed by atoms with Crippen LogP contribution in [0.15, 0.2) is 72.9 Å². The Hall–Kier alpha value is -3.81. The van der Waals surface area contributed by atoms with Crippen LogP contribution in [0.2, 0.25) is 0 Å². The van der Waals surface area contributed by atoms with Crippen LogP contribution >= 0.6 is 0 Å². The molecule has 5 nitrogen and oxygen atoms in total. The van der Waals surface area contributed by atoms with Crippen LogP contribution in [0.25, 0.3) is 5.65 Å². The second kappa shape index (κ2) is 7.55. The maximum Gasteiger partial charge on any atom is 0.417 e. The predicted molar refractivity (Wildman–Crippen MR) is 106 cm³/mol. The van der Waals surface area contributed by atoms with Crippen molar-refractivity contribution in [3.05, 3.63) is 89.9 Å². The van der Waals surface area contributed by atoms with E-state index in [9.17, 15) is 18.0 Å². The third kappa shape index (κ3) is 3.98. The zero-order valence-corrected chi connectivity index (χ0v) is 15.8. The summed E-state index contributed by atoms with van der Waals surface area (Å²) in [6.07, 6.45) is -3.64. The minimum absolute atomic E-state index is 0.0423. The summed E-state index contributed by atoms with van der Waals surface area (Å²) < 4.78 is 46.0. The topological polar surface area (TPSA) is 55.6 Å². The summed E-state index contributed by atoms with van der Waals surface area (Å²) in [5, 5.41) is 2.69. The molecule has 152 valence electrons. The summed E-state index contributed by atoms with van der Waals surface area (Å²) in [4.78, 5) is 16.9. The Morgan fingerprint density at radius 3 is 2.30 bits per heavy atom. The second-order valence-corrected chi connectivity index (χ2v) is 6.58. The highest BCUT2D eigenvalue weighted by Gasteiger charge is 2.31. The lowest BCUT2D eigenvalue weighted by Crippen LogP contribution is -2.16. The molecule has 0 spiro atoms. The SMILES string of the molecule is Cc1nc2ccc(C(F)(F)F)cn2c1C(=O)Nc1ccc(Oc2ccccc2)cc1. The van der Waals surface area contributed by atoms with E-state index >= 15 is 0 Å². The summed E-state index contributed by atoms with van der Waals surface area (Å²) in [5.74, 6) is 0.701. The molecule has 2 heterocycles. The van der Waals surface area contributed by atoms with Crippen LogP contribution in [0.3, 0.4) is 0 Å². The molecule has 0 aliphatic heterocycles. The molecule has 0 aliphatic rings. The van der Waals surface area contributed by atoms with Crippen molar-refractivity contribution in [1.29, 1.82) is 0 Å². The van der Waals surface area contributed by atoms with Gasteiger partial charge >= 0.3 is 6.18 Å². The fraction of sp³-hybridized carbons (Fsp3) is 0.0909. The van der Waals surface area contributed by atoms with Gasteiger partial charge in [-0.15, -0.1) is 0 Å². The number of ether oxygens (including phenoxy) is 1. The van der Waals surface area contributed by atoms with Crippen molar-refractivity contribution in [1.82, 2.24) is 9.38 Å². The Morgan fingerprint density at radius 1 is 0.967 bits per heavy atom. The lowest BCUT2D eigenvalue weighted by Gasteiger charge is -2.10. The first-order valence-electron chi connectivity index (χ1n) is 9.01.